The van der Waals surface area contributed by atoms with Crippen molar-refractivity contribution in [2.75, 3.05) is 11.9 Å². The van der Waals surface area contributed by atoms with Gasteiger partial charge in [0.15, 0.2) is 6.61 Å². The number of anilines is 1. The fraction of sp³-hybridized carbons (Fsp3) is 0.133. The number of hydrogen-bond donors (Lipinski definition) is 2. The number of nitrogens with one attached hydrogen (secondary N) is 1. The molecule has 0 unspecified atom stereocenters. The van der Waals surface area contributed by atoms with E-state index in [1.165, 1.54) is 0 Å². The highest BCUT2D eigenvalue weighted by Crippen LogP contribution is 2.27. The van der Waals surface area contributed by atoms with Crippen LogP contribution >= 0.6 is 27.5 Å². The van der Waals surface area contributed by atoms with Gasteiger partial charge < -0.3 is 15.2 Å². The molecule has 0 saturated carbocycles. The van der Waals surface area contributed by atoms with Gasteiger partial charge in [-0.25, -0.2) is 0 Å². The van der Waals surface area contributed by atoms with Gasteiger partial charge in [-0.15, -0.1) is 0 Å². The van der Waals surface area contributed by atoms with Crippen molar-refractivity contribution in [1.29, 1.82) is 0 Å². The molecule has 0 spiro atoms. The van der Waals surface area contributed by atoms with Crippen molar-refractivity contribution < 1.29 is 14.6 Å². The van der Waals surface area contributed by atoms with Crippen LogP contribution in [0.2, 0.25) is 5.02 Å². The highest BCUT2D eigenvalue weighted by molar-refractivity contribution is 9.10. The van der Waals surface area contributed by atoms with Crippen LogP contribution in [-0.4, -0.2) is 17.6 Å². The summed E-state index contributed by atoms with van der Waals surface area (Å²) in [6.45, 7) is -0.309. The number of aliphatic hydroxyl groups excluding tert-OH is 1. The maximum atomic E-state index is 11.9. The quantitative estimate of drug-likeness (QED) is 0.845. The Morgan fingerprint density at radius 1 is 1.29 bits per heavy atom. The molecule has 1 amide bonds. The summed E-state index contributed by atoms with van der Waals surface area (Å²) >= 11 is 9.29. The first-order chi connectivity index (χ1) is 10.1. The van der Waals surface area contributed by atoms with E-state index in [0.29, 0.717) is 22.0 Å². The number of carbonyl (C=O) groups excluding carboxylic acids is 1. The Morgan fingerprint density at radius 2 is 2.05 bits per heavy atom. The number of para-hydroxylation sites is 1. The van der Waals surface area contributed by atoms with Gasteiger partial charge in [0.1, 0.15) is 5.75 Å². The highest BCUT2D eigenvalue weighted by Gasteiger charge is 2.08. The van der Waals surface area contributed by atoms with E-state index >= 15 is 0 Å². The zero-order valence-electron chi connectivity index (χ0n) is 11.0. The van der Waals surface area contributed by atoms with Crippen LogP contribution in [0.5, 0.6) is 5.75 Å². The molecule has 0 saturated heterocycles. The Balaban J connectivity index is 1.96. The van der Waals surface area contributed by atoms with Crippen LogP contribution in [0, 0.1) is 0 Å². The molecular weight excluding hydrogens is 358 g/mol. The van der Waals surface area contributed by atoms with E-state index in [0.717, 1.165) is 4.47 Å². The van der Waals surface area contributed by atoms with Gasteiger partial charge in [-0.05, 0) is 24.3 Å². The molecule has 0 aromatic heterocycles. The lowest BCUT2D eigenvalue weighted by molar-refractivity contribution is -0.118. The minimum absolute atomic E-state index is 0.143. The van der Waals surface area contributed by atoms with Crippen LogP contribution in [0.25, 0.3) is 0 Å². The molecule has 4 nitrogen and oxygen atoms in total. The number of ether oxygens (including phenoxy) is 1. The molecule has 0 fully saturated rings. The Kier molecular flexibility index (Phi) is 5.61. The molecule has 0 atom stereocenters. The van der Waals surface area contributed by atoms with Crippen LogP contribution in [0.4, 0.5) is 5.69 Å². The summed E-state index contributed by atoms with van der Waals surface area (Å²) in [7, 11) is 0. The highest BCUT2D eigenvalue weighted by atomic mass is 79.9. The summed E-state index contributed by atoms with van der Waals surface area (Å²) in [4.78, 5) is 11.9. The summed E-state index contributed by atoms with van der Waals surface area (Å²) < 4.78 is 6.21. The van der Waals surface area contributed by atoms with Crippen LogP contribution in [0.3, 0.4) is 0 Å². The zero-order valence-corrected chi connectivity index (χ0v) is 13.3. The van der Waals surface area contributed by atoms with Crippen LogP contribution in [0.1, 0.15) is 5.56 Å². The van der Waals surface area contributed by atoms with Crippen LogP contribution < -0.4 is 10.1 Å². The summed E-state index contributed by atoms with van der Waals surface area (Å²) in [6.07, 6.45) is 0. The molecular formula is C15H13BrClNO3. The van der Waals surface area contributed by atoms with Gasteiger partial charge in [0.2, 0.25) is 0 Å². The monoisotopic (exact) mass is 369 g/mol. The van der Waals surface area contributed by atoms with E-state index in [2.05, 4.69) is 21.2 Å². The van der Waals surface area contributed by atoms with E-state index in [9.17, 15) is 9.90 Å². The Bertz CT molecular complexity index is 649. The number of aliphatic hydroxyl groups is 1. The van der Waals surface area contributed by atoms with Crippen LogP contribution in [-0.2, 0) is 11.4 Å². The molecule has 2 N–H and O–H groups in total. The molecule has 0 heterocycles. The average Bonchev–Trinajstić information content (AvgIpc) is 2.47. The van der Waals surface area contributed by atoms with E-state index < -0.39 is 0 Å². The molecule has 2 rings (SSSR count). The van der Waals surface area contributed by atoms with Gasteiger partial charge in [-0.1, -0.05) is 45.7 Å². The normalized spacial score (nSPS) is 10.2. The molecule has 0 aliphatic rings. The van der Waals surface area contributed by atoms with Crippen molar-refractivity contribution in [3.8, 4) is 5.75 Å². The largest absolute Gasteiger partial charge is 0.482 e. The molecule has 0 bridgehead atoms. The maximum absolute atomic E-state index is 11.9. The van der Waals surface area contributed by atoms with Gasteiger partial charge in [0.25, 0.3) is 5.91 Å². The number of amides is 1. The van der Waals surface area contributed by atoms with E-state index in [-0.39, 0.29) is 19.1 Å². The van der Waals surface area contributed by atoms with Gasteiger partial charge in [0.05, 0.1) is 11.6 Å². The smallest absolute Gasteiger partial charge is 0.262 e. The molecule has 0 aliphatic heterocycles. The molecule has 6 heteroatoms. The second-order valence-electron chi connectivity index (χ2n) is 4.23. The van der Waals surface area contributed by atoms with Gasteiger partial charge in [-0.3, -0.25) is 4.79 Å². The number of carbonyl (C=O) groups is 1. The summed E-state index contributed by atoms with van der Waals surface area (Å²) in [5, 5.41) is 12.3. The first kappa shape index (κ1) is 15.8. The SMILES string of the molecule is O=C(COc1ccc(Br)cc1Cl)Nc1ccccc1CO. The lowest BCUT2D eigenvalue weighted by atomic mass is 10.2. The standard InChI is InChI=1S/C15H13BrClNO3/c16-11-5-6-14(12(17)7-11)21-9-15(20)18-13-4-2-1-3-10(13)8-19/h1-7,19H,8-9H2,(H,18,20). The summed E-state index contributed by atoms with van der Waals surface area (Å²) in [5.41, 5.74) is 1.21. The second-order valence-corrected chi connectivity index (χ2v) is 5.55. The summed E-state index contributed by atoms with van der Waals surface area (Å²) in [5.74, 6) is 0.111. The average molecular weight is 371 g/mol. The van der Waals surface area contributed by atoms with E-state index in [1.807, 2.05) is 0 Å². The van der Waals surface area contributed by atoms with Crippen molar-refractivity contribution in [3.63, 3.8) is 0 Å². The third kappa shape index (κ3) is 4.46. The van der Waals surface area contributed by atoms with Crippen molar-refractivity contribution in [2.45, 2.75) is 6.61 Å². The molecule has 2 aromatic rings. The number of halogens is 2. The molecule has 0 radical (unpaired) electrons. The minimum Gasteiger partial charge on any atom is -0.482 e. The Hall–Kier alpha value is -1.56. The van der Waals surface area contributed by atoms with Crippen molar-refractivity contribution in [2.24, 2.45) is 0 Å². The molecule has 2 aromatic carbocycles. The molecule has 0 aliphatic carbocycles. The van der Waals surface area contributed by atoms with E-state index in [1.54, 1.807) is 42.5 Å². The predicted octanol–water partition coefficient (Wildman–Crippen LogP) is 3.61. The Labute approximate surface area is 135 Å². The van der Waals surface area contributed by atoms with Crippen molar-refractivity contribution >= 4 is 39.1 Å². The fourth-order valence-corrected chi connectivity index (χ4v) is 2.43. The number of hydrogen-bond acceptors (Lipinski definition) is 3. The second kappa shape index (κ2) is 7.45. The minimum atomic E-state index is -0.324. The fourth-order valence-electron chi connectivity index (χ4n) is 1.70. The lowest BCUT2D eigenvalue weighted by Gasteiger charge is -2.11. The predicted molar refractivity (Wildman–Crippen MR) is 85.6 cm³/mol. The van der Waals surface area contributed by atoms with Crippen molar-refractivity contribution in [1.82, 2.24) is 0 Å². The lowest BCUT2D eigenvalue weighted by Crippen LogP contribution is -2.21. The zero-order chi connectivity index (χ0) is 15.2. The van der Waals surface area contributed by atoms with Gasteiger partial charge in [0, 0.05) is 15.7 Å². The Morgan fingerprint density at radius 3 is 2.76 bits per heavy atom. The summed E-state index contributed by atoms with van der Waals surface area (Å²) in [6, 6.07) is 12.2. The maximum Gasteiger partial charge on any atom is 0.262 e. The third-order valence-corrected chi connectivity index (χ3v) is 3.50. The number of benzene rings is 2. The van der Waals surface area contributed by atoms with E-state index in [4.69, 9.17) is 16.3 Å². The third-order valence-electron chi connectivity index (χ3n) is 2.71. The first-order valence-corrected chi connectivity index (χ1v) is 7.33. The molecule has 110 valence electrons. The first-order valence-electron chi connectivity index (χ1n) is 6.16. The number of rotatable bonds is 5. The van der Waals surface area contributed by atoms with Crippen molar-refractivity contribution in [3.05, 3.63) is 57.5 Å². The van der Waals surface area contributed by atoms with Gasteiger partial charge >= 0.3 is 0 Å². The van der Waals surface area contributed by atoms with Gasteiger partial charge in [-0.2, -0.15) is 0 Å². The van der Waals surface area contributed by atoms with Crippen LogP contribution in [0.15, 0.2) is 46.9 Å². The topological polar surface area (TPSA) is 58.6 Å². The molecule has 21 heavy (non-hydrogen) atoms.